The summed E-state index contributed by atoms with van der Waals surface area (Å²) in [6, 6.07) is 18.2. The predicted octanol–water partition coefficient (Wildman–Crippen LogP) is 3.14. The van der Waals surface area contributed by atoms with Crippen molar-refractivity contribution in [3.8, 4) is 0 Å². The van der Waals surface area contributed by atoms with Gasteiger partial charge in [0.25, 0.3) is 5.91 Å². The van der Waals surface area contributed by atoms with Crippen LogP contribution in [0.3, 0.4) is 0 Å². The van der Waals surface area contributed by atoms with Crippen molar-refractivity contribution in [1.29, 1.82) is 0 Å². The van der Waals surface area contributed by atoms with Crippen molar-refractivity contribution < 1.29 is 23.9 Å². The number of anilines is 1. The van der Waals surface area contributed by atoms with Crippen molar-refractivity contribution in [2.45, 2.75) is 64.8 Å². The van der Waals surface area contributed by atoms with Crippen molar-refractivity contribution in [3.05, 3.63) is 66.2 Å². The first-order valence-corrected chi connectivity index (χ1v) is 11.6. The lowest BCUT2D eigenvalue weighted by Gasteiger charge is -2.35. The van der Waals surface area contributed by atoms with E-state index in [-0.39, 0.29) is 12.5 Å². The van der Waals surface area contributed by atoms with Crippen LogP contribution in [0.1, 0.15) is 47.1 Å². The standard InChI is InChI=1S/C27H36N4O5/c1-25(2,21(32)29-27(5,6)23(34)31(7)20-16-12-9-13-17-20)28-22(33)26(3,4)30-24(35)36-18-19-14-10-8-11-15-19/h8-17H,18H2,1-7H3,(H,28,33)(H,29,32)(H,30,35). The van der Waals surface area contributed by atoms with Crippen LogP contribution in [0, 0.1) is 0 Å². The smallest absolute Gasteiger partial charge is 0.408 e. The molecule has 0 unspecified atom stereocenters. The first kappa shape index (κ1) is 28.4. The summed E-state index contributed by atoms with van der Waals surface area (Å²) in [7, 11) is 1.63. The Bertz CT molecular complexity index is 1080. The van der Waals surface area contributed by atoms with Gasteiger partial charge in [0.2, 0.25) is 11.8 Å². The molecule has 0 atom stereocenters. The van der Waals surface area contributed by atoms with Crippen LogP contribution in [-0.2, 0) is 25.7 Å². The SMILES string of the molecule is CN(C(=O)C(C)(C)NC(=O)C(C)(C)NC(=O)C(C)(C)NC(=O)OCc1ccccc1)c1ccccc1. The zero-order chi connectivity index (χ0) is 27.1. The number of ether oxygens (including phenoxy) is 1. The quantitative estimate of drug-likeness (QED) is 0.493. The fourth-order valence-electron chi connectivity index (χ4n) is 3.25. The van der Waals surface area contributed by atoms with E-state index in [1.54, 1.807) is 33.0 Å². The zero-order valence-corrected chi connectivity index (χ0v) is 22.0. The van der Waals surface area contributed by atoms with Gasteiger partial charge in [-0.15, -0.1) is 0 Å². The monoisotopic (exact) mass is 496 g/mol. The molecule has 0 aliphatic rings. The summed E-state index contributed by atoms with van der Waals surface area (Å²) in [6.45, 7) is 9.29. The van der Waals surface area contributed by atoms with E-state index in [4.69, 9.17) is 4.74 Å². The minimum absolute atomic E-state index is 0.0544. The Morgan fingerprint density at radius 2 is 1.14 bits per heavy atom. The number of nitrogens with one attached hydrogen (secondary N) is 3. The number of hydrogen-bond acceptors (Lipinski definition) is 5. The van der Waals surface area contributed by atoms with Gasteiger partial charge in [-0.1, -0.05) is 48.5 Å². The average Bonchev–Trinajstić information content (AvgIpc) is 2.82. The Morgan fingerprint density at radius 1 is 0.694 bits per heavy atom. The van der Waals surface area contributed by atoms with Gasteiger partial charge in [-0.3, -0.25) is 14.4 Å². The molecule has 36 heavy (non-hydrogen) atoms. The number of benzene rings is 2. The van der Waals surface area contributed by atoms with E-state index >= 15 is 0 Å². The van der Waals surface area contributed by atoms with Crippen molar-refractivity contribution in [1.82, 2.24) is 16.0 Å². The molecule has 194 valence electrons. The number of carbonyl (C=O) groups excluding carboxylic acids is 4. The summed E-state index contributed by atoms with van der Waals surface area (Å²) in [5.74, 6) is -1.48. The number of rotatable bonds is 9. The minimum Gasteiger partial charge on any atom is -0.445 e. The third-order valence-electron chi connectivity index (χ3n) is 5.60. The number of nitrogens with zero attached hydrogens (tertiary/aromatic N) is 1. The van der Waals surface area contributed by atoms with Crippen LogP contribution in [0.4, 0.5) is 10.5 Å². The average molecular weight is 497 g/mol. The molecule has 0 spiro atoms. The van der Waals surface area contributed by atoms with Gasteiger partial charge in [-0.25, -0.2) is 4.79 Å². The van der Waals surface area contributed by atoms with Crippen LogP contribution in [0.15, 0.2) is 60.7 Å². The molecule has 2 aromatic carbocycles. The maximum Gasteiger partial charge on any atom is 0.408 e. The molecule has 2 aromatic rings. The molecule has 4 amide bonds. The Labute approximate surface area is 212 Å². The highest BCUT2D eigenvalue weighted by Crippen LogP contribution is 2.18. The molecule has 0 saturated carbocycles. The Balaban J connectivity index is 1.97. The molecule has 0 aromatic heterocycles. The summed E-state index contributed by atoms with van der Waals surface area (Å²) in [5, 5.41) is 7.90. The highest BCUT2D eigenvalue weighted by molar-refractivity contribution is 6.03. The molecular weight excluding hydrogens is 460 g/mol. The molecule has 0 radical (unpaired) electrons. The van der Waals surface area contributed by atoms with Crippen LogP contribution in [0.2, 0.25) is 0 Å². The number of likely N-dealkylation sites (N-methyl/N-ethyl adjacent to an activating group) is 1. The molecule has 9 nitrogen and oxygen atoms in total. The molecule has 0 bridgehead atoms. The van der Waals surface area contributed by atoms with Gasteiger partial charge in [-0.05, 0) is 59.2 Å². The van der Waals surface area contributed by atoms with Crippen LogP contribution < -0.4 is 20.9 Å². The zero-order valence-electron chi connectivity index (χ0n) is 22.0. The van der Waals surface area contributed by atoms with E-state index < -0.39 is 34.5 Å². The van der Waals surface area contributed by atoms with Crippen molar-refractivity contribution in [2.24, 2.45) is 0 Å². The van der Waals surface area contributed by atoms with Crippen molar-refractivity contribution in [2.75, 3.05) is 11.9 Å². The maximum absolute atomic E-state index is 13.1. The number of para-hydroxylation sites is 1. The second kappa shape index (κ2) is 11.2. The summed E-state index contributed by atoms with van der Waals surface area (Å²) in [5.41, 5.74) is -2.51. The fourth-order valence-corrected chi connectivity index (χ4v) is 3.25. The van der Waals surface area contributed by atoms with Gasteiger partial charge in [0.15, 0.2) is 0 Å². The summed E-state index contributed by atoms with van der Waals surface area (Å²) >= 11 is 0. The van der Waals surface area contributed by atoms with Crippen molar-refractivity contribution >= 4 is 29.5 Å². The predicted molar refractivity (Wildman–Crippen MR) is 138 cm³/mol. The number of hydrogen-bond donors (Lipinski definition) is 3. The Hall–Kier alpha value is -3.88. The van der Waals surface area contributed by atoms with E-state index in [0.717, 1.165) is 5.56 Å². The summed E-state index contributed by atoms with van der Waals surface area (Å²) in [4.78, 5) is 52.8. The van der Waals surface area contributed by atoms with Crippen LogP contribution in [0.25, 0.3) is 0 Å². The number of alkyl carbamates (subject to hydrolysis) is 1. The second-order valence-corrected chi connectivity index (χ2v) is 10.2. The van der Waals surface area contributed by atoms with E-state index in [1.165, 1.54) is 32.6 Å². The van der Waals surface area contributed by atoms with Gasteiger partial charge in [0.1, 0.15) is 23.2 Å². The fraction of sp³-hybridized carbons (Fsp3) is 0.407. The van der Waals surface area contributed by atoms with Crippen LogP contribution >= 0.6 is 0 Å². The molecule has 9 heteroatoms. The lowest BCUT2D eigenvalue weighted by Crippen LogP contribution is -2.66. The number of carbonyl (C=O) groups is 4. The molecule has 0 saturated heterocycles. The lowest BCUT2D eigenvalue weighted by molar-refractivity contribution is -0.137. The highest BCUT2D eigenvalue weighted by atomic mass is 16.5. The molecule has 0 aliphatic carbocycles. The highest BCUT2D eigenvalue weighted by Gasteiger charge is 2.41. The first-order chi connectivity index (χ1) is 16.7. The summed E-state index contributed by atoms with van der Waals surface area (Å²) < 4.78 is 5.19. The molecule has 0 fully saturated rings. The third kappa shape index (κ3) is 7.56. The Kier molecular flexibility index (Phi) is 8.85. The van der Waals surface area contributed by atoms with Gasteiger partial charge >= 0.3 is 6.09 Å². The van der Waals surface area contributed by atoms with Gasteiger partial charge < -0.3 is 25.6 Å². The normalized spacial score (nSPS) is 11.8. The summed E-state index contributed by atoms with van der Waals surface area (Å²) in [6.07, 6.45) is -0.767. The number of amides is 4. The third-order valence-corrected chi connectivity index (χ3v) is 5.60. The first-order valence-electron chi connectivity index (χ1n) is 11.6. The van der Waals surface area contributed by atoms with E-state index in [1.807, 2.05) is 48.5 Å². The van der Waals surface area contributed by atoms with Gasteiger partial charge in [0.05, 0.1) is 0 Å². The topological polar surface area (TPSA) is 117 Å². The minimum atomic E-state index is -1.38. The molecule has 0 aliphatic heterocycles. The largest absolute Gasteiger partial charge is 0.445 e. The Morgan fingerprint density at radius 3 is 1.67 bits per heavy atom. The molecule has 3 N–H and O–H groups in total. The molecular formula is C27H36N4O5. The molecule has 2 rings (SSSR count). The van der Waals surface area contributed by atoms with Gasteiger partial charge in [-0.2, -0.15) is 0 Å². The second-order valence-electron chi connectivity index (χ2n) is 10.2. The lowest BCUT2D eigenvalue weighted by atomic mass is 9.96. The van der Waals surface area contributed by atoms with E-state index in [0.29, 0.717) is 5.69 Å². The van der Waals surface area contributed by atoms with Crippen LogP contribution in [0.5, 0.6) is 0 Å². The maximum atomic E-state index is 13.1. The van der Waals surface area contributed by atoms with E-state index in [9.17, 15) is 19.2 Å². The molecule has 0 heterocycles. The van der Waals surface area contributed by atoms with Gasteiger partial charge in [0, 0.05) is 12.7 Å². The van der Waals surface area contributed by atoms with Crippen LogP contribution in [-0.4, -0.2) is 47.5 Å². The van der Waals surface area contributed by atoms with E-state index in [2.05, 4.69) is 16.0 Å². The van der Waals surface area contributed by atoms with Crippen molar-refractivity contribution in [3.63, 3.8) is 0 Å².